The minimum atomic E-state index is 0.123. The van der Waals surface area contributed by atoms with Crippen LogP contribution in [0.5, 0.6) is 0 Å². The second kappa shape index (κ2) is 5.45. The van der Waals surface area contributed by atoms with E-state index in [0.717, 1.165) is 30.8 Å². The highest BCUT2D eigenvalue weighted by Crippen LogP contribution is 2.63. The van der Waals surface area contributed by atoms with Crippen LogP contribution in [0.3, 0.4) is 0 Å². The Bertz CT molecular complexity index is 798. The zero-order valence-electron chi connectivity index (χ0n) is 16.0. The minimum absolute atomic E-state index is 0.123. The summed E-state index contributed by atoms with van der Waals surface area (Å²) in [6.45, 7) is 9.52. The van der Waals surface area contributed by atoms with Gasteiger partial charge in [0.05, 0.1) is 6.20 Å². The number of benzene rings is 1. The highest BCUT2D eigenvalue weighted by molar-refractivity contribution is 5.84. The van der Waals surface area contributed by atoms with E-state index in [1.165, 1.54) is 11.3 Å². The zero-order chi connectivity index (χ0) is 17.8. The van der Waals surface area contributed by atoms with E-state index in [2.05, 4.69) is 78.8 Å². The average Bonchev–Trinajstić information content (AvgIpc) is 2.96. The van der Waals surface area contributed by atoms with E-state index in [9.17, 15) is 0 Å². The molecule has 0 saturated carbocycles. The van der Waals surface area contributed by atoms with Gasteiger partial charge in [-0.05, 0) is 30.9 Å². The normalized spacial score (nSPS) is 26.2. The first-order valence-corrected chi connectivity index (χ1v) is 9.47. The summed E-state index contributed by atoms with van der Waals surface area (Å²) < 4.78 is 0. The van der Waals surface area contributed by atoms with Gasteiger partial charge in [0.1, 0.15) is 18.2 Å². The molecule has 25 heavy (non-hydrogen) atoms. The van der Waals surface area contributed by atoms with Crippen LogP contribution in [-0.4, -0.2) is 23.2 Å². The van der Waals surface area contributed by atoms with E-state index < -0.39 is 0 Å². The lowest BCUT2D eigenvalue weighted by Gasteiger charge is -2.60. The molecule has 0 radical (unpaired) electrons. The molecule has 0 bridgehead atoms. The lowest BCUT2D eigenvalue weighted by atomic mass is 9.53. The Morgan fingerprint density at radius 2 is 1.76 bits per heavy atom. The lowest BCUT2D eigenvalue weighted by molar-refractivity contribution is 0.0672. The van der Waals surface area contributed by atoms with E-state index in [0.29, 0.717) is 0 Å². The van der Waals surface area contributed by atoms with Crippen LogP contribution in [0.25, 0.3) is 0 Å². The van der Waals surface area contributed by atoms with Crippen molar-refractivity contribution in [1.82, 2.24) is 9.97 Å². The summed E-state index contributed by atoms with van der Waals surface area (Å²) >= 11 is 0. The number of hydrogen-bond donors (Lipinski definition) is 0. The predicted octanol–water partition coefficient (Wildman–Crippen LogP) is 4.88. The molecule has 2 aliphatic rings. The number of rotatable bonds is 3. The standard InChI is InChI=1S/C21H28N4/c1-6-20(4)15-11-9-10-12-16(15)25-17-13-22-14-23-18(17)24(5)19(25)21(20,7-2)8-3/h9-14,19H,6-8H2,1-5H3. The third-order valence-corrected chi connectivity index (χ3v) is 7.20. The van der Waals surface area contributed by atoms with Crippen molar-refractivity contribution in [3.63, 3.8) is 0 Å². The van der Waals surface area contributed by atoms with Crippen molar-refractivity contribution in [1.29, 1.82) is 0 Å². The summed E-state index contributed by atoms with van der Waals surface area (Å²) in [5.41, 5.74) is 4.17. The molecule has 3 heterocycles. The third-order valence-electron chi connectivity index (χ3n) is 7.20. The van der Waals surface area contributed by atoms with Gasteiger partial charge in [-0.25, -0.2) is 9.97 Å². The van der Waals surface area contributed by atoms with Gasteiger partial charge in [0, 0.05) is 23.6 Å². The first kappa shape index (κ1) is 16.4. The highest BCUT2D eigenvalue weighted by atomic mass is 15.5. The largest absolute Gasteiger partial charge is 0.337 e. The summed E-state index contributed by atoms with van der Waals surface area (Å²) in [6, 6.07) is 8.93. The number of anilines is 3. The first-order valence-electron chi connectivity index (χ1n) is 9.47. The summed E-state index contributed by atoms with van der Waals surface area (Å²) in [5, 5.41) is 0. The summed E-state index contributed by atoms with van der Waals surface area (Å²) in [6.07, 6.45) is 7.31. The predicted molar refractivity (Wildman–Crippen MR) is 103 cm³/mol. The van der Waals surface area contributed by atoms with Gasteiger partial charge >= 0.3 is 0 Å². The topological polar surface area (TPSA) is 32.3 Å². The monoisotopic (exact) mass is 336 g/mol. The Hall–Kier alpha value is -2.10. The Kier molecular flexibility index (Phi) is 3.57. The van der Waals surface area contributed by atoms with Crippen molar-refractivity contribution in [2.75, 3.05) is 16.8 Å². The van der Waals surface area contributed by atoms with Crippen molar-refractivity contribution < 1.29 is 0 Å². The summed E-state index contributed by atoms with van der Waals surface area (Å²) in [4.78, 5) is 13.8. The van der Waals surface area contributed by atoms with E-state index >= 15 is 0 Å². The maximum Gasteiger partial charge on any atom is 0.157 e. The van der Waals surface area contributed by atoms with Gasteiger partial charge in [-0.2, -0.15) is 0 Å². The lowest BCUT2D eigenvalue weighted by Crippen LogP contribution is -2.63. The number of hydrogen-bond acceptors (Lipinski definition) is 4. The maximum atomic E-state index is 4.62. The van der Waals surface area contributed by atoms with Crippen molar-refractivity contribution in [2.24, 2.45) is 5.41 Å². The molecule has 0 aliphatic carbocycles. The number of para-hydroxylation sites is 1. The first-order chi connectivity index (χ1) is 12.1. The SMILES string of the molecule is CCC1(C)c2ccccc2N2c3cncnc3N(C)C2C1(CC)CC. The third kappa shape index (κ3) is 1.77. The Morgan fingerprint density at radius 1 is 1.04 bits per heavy atom. The Balaban J connectivity index is 2.08. The van der Waals surface area contributed by atoms with Crippen LogP contribution in [0.1, 0.15) is 52.5 Å². The van der Waals surface area contributed by atoms with E-state index in [4.69, 9.17) is 0 Å². The molecule has 0 saturated heterocycles. The van der Waals surface area contributed by atoms with Crippen molar-refractivity contribution in [3.8, 4) is 0 Å². The van der Waals surface area contributed by atoms with Crippen LogP contribution in [0, 0.1) is 5.41 Å². The summed E-state index contributed by atoms with van der Waals surface area (Å²) in [7, 11) is 2.20. The van der Waals surface area contributed by atoms with Gasteiger partial charge in [-0.15, -0.1) is 0 Å². The smallest absolute Gasteiger partial charge is 0.157 e. The molecule has 1 aromatic heterocycles. The molecule has 2 aromatic rings. The molecule has 4 nitrogen and oxygen atoms in total. The Labute approximate surface area is 150 Å². The molecular weight excluding hydrogens is 308 g/mol. The second-order valence-electron chi connectivity index (χ2n) is 7.65. The van der Waals surface area contributed by atoms with Gasteiger partial charge in [0.15, 0.2) is 5.82 Å². The van der Waals surface area contributed by atoms with Gasteiger partial charge in [-0.1, -0.05) is 45.9 Å². The molecule has 0 fully saturated rings. The summed E-state index contributed by atoms with van der Waals surface area (Å²) in [5.74, 6) is 1.04. The van der Waals surface area contributed by atoms with Crippen LogP contribution in [0.4, 0.5) is 17.2 Å². The van der Waals surface area contributed by atoms with E-state index in [1.54, 1.807) is 6.33 Å². The fourth-order valence-corrected chi connectivity index (χ4v) is 5.70. The molecule has 132 valence electrons. The van der Waals surface area contributed by atoms with Gasteiger partial charge in [0.25, 0.3) is 0 Å². The molecule has 4 rings (SSSR count). The molecule has 1 aromatic carbocycles. The fourth-order valence-electron chi connectivity index (χ4n) is 5.70. The fraction of sp³-hybridized carbons (Fsp3) is 0.524. The molecule has 2 atom stereocenters. The molecule has 2 unspecified atom stereocenters. The van der Waals surface area contributed by atoms with Crippen LogP contribution in [-0.2, 0) is 5.41 Å². The van der Waals surface area contributed by atoms with Gasteiger partial charge in [-0.3, -0.25) is 0 Å². The quantitative estimate of drug-likeness (QED) is 0.800. The number of aromatic nitrogens is 2. The second-order valence-corrected chi connectivity index (χ2v) is 7.65. The molecule has 0 N–H and O–H groups in total. The highest BCUT2D eigenvalue weighted by Gasteiger charge is 2.61. The van der Waals surface area contributed by atoms with Crippen molar-refractivity contribution in [3.05, 3.63) is 42.4 Å². The molecule has 0 amide bonds. The number of nitrogens with zero attached hydrogens (tertiary/aromatic N) is 4. The van der Waals surface area contributed by atoms with E-state index in [1.807, 2.05) is 6.20 Å². The van der Waals surface area contributed by atoms with Crippen LogP contribution in [0.2, 0.25) is 0 Å². The van der Waals surface area contributed by atoms with Crippen LogP contribution < -0.4 is 9.80 Å². The number of fused-ring (bicyclic) bond motifs is 5. The zero-order valence-corrected chi connectivity index (χ0v) is 16.0. The van der Waals surface area contributed by atoms with Crippen LogP contribution in [0.15, 0.2) is 36.8 Å². The van der Waals surface area contributed by atoms with Crippen molar-refractivity contribution in [2.45, 2.75) is 58.5 Å². The average molecular weight is 336 g/mol. The van der Waals surface area contributed by atoms with Crippen LogP contribution >= 0.6 is 0 Å². The minimum Gasteiger partial charge on any atom is -0.337 e. The molecular formula is C21H28N4. The molecule has 4 heteroatoms. The van der Waals surface area contributed by atoms with Gasteiger partial charge in [0.2, 0.25) is 0 Å². The Morgan fingerprint density at radius 3 is 2.44 bits per heavy atom. The molecule has 2 aliphatic heterocycles. The maximum absolute atomic E-state index is 4.62. The molecule has 0 spiro atoms. The van der Waals surface area contributed by atoms with E-state index in [-0.39, 0.29) is 17.0 Å². The van der Waals surface area contributed by atoms with Gasteiger partial charge < -0.3 is 9.80 Å². The van der Waals surface area contributed by atoms with Crippen molar-refractivity contribution >= 4 is 17.2 Å².